The van der Waals surface area contributed by atoms with Gasteiger partial charge in [-0.3, -0.25) is 0 Å². The molecule has 1 saturated heterocycles. The van der Waals surface area contributed by atoms with Crippen LogP contribution in [0.1, 0.15) is 129 Å². The molecule has 8 N–H and O–H groups in total. The third kappa shape index (κ3) is 5.86. The summed E-state index contributed by atoms with van der Waals surface area (Å²) in [4.78, 5) is 8.64. The SMILES string of the molecule is Oc1ccc(C=Cc2c(CCc3ccc(C4CC5(CCCC5)C5CC6CCCC67CCC68CCCC6C=CC(O)C8C7(c6cnc[nH]6)C5N4)cc3)c(O)c(O)c3c(O)cccc23)cc1O. The number of allylic oxidation sites excluding steroid dienone is 1. The number of hydrogen-bond donors (Lipinski definition) is 8. The second kappa shape index (κ2) is 15.1. The zero-order valence-corrected chi connectivity index (χ0v) is 37.2. The lowest BCUT2D eigenvalue weighted by atomic mass is 9.31. The number of aromatic amines is 1. The average molecular weight is 874 g/mol. The standard InChI is InChI=1S/C56H63N3O6/c60-43-20-14-34(28-46(43)63)13-18-38-39-8-3-9-44(61)48(39)50(65)49(64)40(38)19-12-33-10-15-35(16-11-33)42-30-53(22-1-2-23-53)41-29-37-7-5-25-55(37)27-26-54-24-4-6-36(54)17-21-45(62)51(54)56(55,52(41)59-42)47-31-57-32-58-47/h3,8-11,13-18,20-21,28,31-32,36-37,41-42,45,51-52,59-65H,1-2,4-7,12,19,22-27,29-30H2,(H,57,58). The molecule has 0 bridgehead atoms. The van der Waals surface area contributed by atoms with E-state index >= 15 is 0 Å². The molecule has 10 unspecified atom stereocenters. The fourth-order valence-electron chi connectivity index (χ4n) is 16.9. The molecule has 65 heavy (non-hydrogen) atoms. The van der Waals surface area contributed by atoms with Gasteiger partial charge in [-0.2, -0.15) is 0 Å². The van der Waals surface area contributed by atoms with Crippen LogP contribution in [0.3, 0.4) is 0 Å². The van der Waals surface area contributed by atoms with Crippen LogP contribution in [0.5, 0.6) is 28.7 Å². The Kier molecular flexibility index (Phi) is 9.60. The molecule has 9 heteroatoms. The molecule has 0 amide bonds. The van der Waals surface area contributed by atoms with E-state index in [9.17, 15) is 30.6 Å². The summed E-state index contributed by atoms with van der Waals surface area (Å²) in [7, 11) is 0. The van der Waals surface area contributed by atoms with Crippen LogP contribution in [0.2, 0.25) is 0 Å². The monoisotopic (exact) mass is 873 g/mol. The molecule has 4 aromatic carbocycles. The molecule has 338 valence electrons. The molecule has 5 aromatic rings. The Morgan fingerprint density at radius 3 is 2.38 bits per heavy atom. The third-order valence-electron chi connectivity index (χ3n) is 19.4. The first-order valence-corrected chi connectivity index (χ1v) is 24.7. The van der Waals surface area contributed by atoms with Crippen molar-refractivity contribution >= 4 is 22.9 Å². The van der Waals surface area contributed by atoms with Crippen LogP contribution in [0.15, 0.2) is 85.3 Å². The van der Waals surface area contributed by atoms with Gasteiger partial charge in [-0.15, -0.1) is 0 Å². The zero-order chi connectivity index (χ0) is 44.3. The van der Waals surface area contributed by atoms with E-state index in [0.29, 0.717) is 52.7 Å². The smallest absolute Gasteiger partial charge is 0.169 e. The highest BCUT2D eigenvalue weighted by atomic mass is 16.3. The second-order valence-electron chi connectivity index (χ2n) is 21.6. The van der Waals surface area contributed by atoms with Gasteiger partial charge in [-0.05, 0) is 157 Å². The third-order valence-corrected chi connectivity index (χ3v) is 19.4. The summed E-state index contributed by atoms with van der Waals surface area (Å²) in [6, 6.07) is 19.1. The first-order valence-electron chi connectivity index (χ1n) is 24.7. The Hall–Kier alpha value is -5.25. The summed E-state index contributed by atoms with van der Waals surface area (Å²) in [5, 5.41) is 71.6. The number of piperidine rings is 1. The highest BCUT2D eigenvalue weighted by Gasteiger charge is 2.78. The number of nitrogens with one attached hydrogen (secondary N) is 2. The lowest BCUT2D eigenvalue weighted by Crippen LogP contribution is -2.78. The fraction of sp³-hybridized carbons (Fsp3) is 0.482. The number of hydrogen-bond acceptors (Lipinski definition) is 8. The highest BCUT2D eigenvalue weighted by molar-refractivity contribution is 6.03. The van der Waals surface area contributed by atoms with Crippen molar-refractivity contribution in [3.05, 3.63) is 119 Å². The number of fused-ring (bicyclic) bond motifs is 5. The number of aliphatic hydroxyl groups excluding tert-OH is 1. The Labute approximate surface area is 381 Å². The summed E-state index contributed by atoms with van der Waals surface area (Å²) < 4.78 is 0. The van der Waals surface area contributed by atoms with E-state index in [1.807, 2.05) is 18.5 Å². The Morgan fingerprint density at radius 1 is 0.754 bits per heavy atom. The van der Waals surface area contributed by atoms with Gasteiger partial charge < -0.3 is 40.9 Å². The number of phenolic OH excluding ortho intramolecular Hbond substituents is 5. The minimum Gasteiger partial charge on any atom is -0.507 e. The minimum atomic E-state index is -0.488. The second-order valence-corrected chi connectivity index (χ2v) is 21.6. The minimum absolute atomic E-state index is 0.0967. The molecule has 7 aliphatic rings. The first-order chi connectivity index (χ1) is 31.6. The number of H-pyrrole nitrogens is 1. The van der Waals surface area contributed by atoms with Gasteiger partial charge in [-0.25, -0.2) is 4.98 Å². The molecule has 2 heterocycles. The van der Waals surface area contributed by atoms with Crippen molar-refractivity contribution in [2.45, 2.75) is 126 Å². The number of aromatic nitrogens is 2. The van der Waals surface area contributed by atoms with Gasteiger partial charge in [0.1, 0.15) is 5.75 Å². The number of benzene rings is 4. The normalized spacial score (nSPS) is 34.4. The van der Waals surface area contributed by atoms with Gasteiger partial charge in [0, 0.05) is 40.9 Å². The van der Waals surface area contributed by atoms with E-state index in [1.54, 1.807) is 18.2 Å². The summed E-state index contributed by atoms with van der Waals surface area (Å²) in [6.45, 7) is 0. The summed E-state index contributed by atoms with van der Waals surface area (Å²) in [5.41, 5.74) is 5.72. The van der Waals surface area contributed by atoms with E-state index in [-0.39, 0.29) is 73.8 Å². The molecule has 6 aliphatic carbocycles. The molecule has 12 rings (SSSR count). The van der Waals surface area contributed by atoms with Crippen molar-refractivity contribution in [3.63, 3.8) is 0 Å². The number of imidazole rings is 1. The van der Waals surface area contributed by atoms with E-state index in [2.05, 4.69) is 52.9 Å². The van der Waals surface area contributed by atoms with Gasteiger partial charge in [0.25, 0.3) is 0 Å². The van der Waals surface area contributed by atoms with E-state index in [1.165, 1.54) is 113 Å². The molecular weight excluding hydrogens is 811 g/mol. The van der Waals surface area contributed by atoms with Crippen LogP contribution >= 0.6 is 0 Å². The molecule has 10 atom stereocenters. The van der Waals surface area contributed by atoms with Gasteiger partial charge in [-0.1, -0.05) is 92.5 Å². The summed E-state index contributed by atoms with van der Waals surface area (Å²) in [6.07, 6.45) is 30.3. The maximum absolute atomic E-state index is 12.7. The van der Waals surface area contributed by atoms with Crippen molar-refractivity contribution < 1.29 is 30.6 Å². The number of aliphatic hydroxyl groups is 1. The maximum Gasteiger partial charge on any atom is 0.169 e. The maximum atomic E-state index is 12.7. The van der Waals surface area contributed by atoms with E-state index in [4.69, 9.17) is 4.98 Å². The quantitative estimate of drug-likeness (QED) is 0.0455. The number of aryl methyl sites for hydroxylation is 1. The van der Waals surface area contributed by atoms with Crippen molar-refractivity contribution in [3.8, 4) is 28.7 Å². The zero-order valence-electron chi connectivity index (χ0n) is 37.2. The molecular formula is C56H63N3O6. The van der Waals surface area contributed by atoms with Crippen molar-refractivity contribution in [2.75, 3.05) is 0 Å². The number of aromatic hydroxyl groups is 5. The fourth-order valence-corrected chi connectivity index (χ4v) is 16.9. The van der Waals surface area contributed by atoms with Gasteiger partial charge >= 0.3 is 0 Å². The Morgan fingerprint density at radius 2 is 1.58 bits per heavy atom. The molecule has 9 nitrogen and oxygen atoms in total. The summed E-state index contributed by atoms with van der Waals surface area (Å²) in [5.74, 6) is 0.650. The molecule has 1 aromatic heterocycles. The van der Waals surface area contributed by atoms with Crippen molar-refractivity contribution in [1.82, 2.24) is 15.3 Å². The Balaban J connectivity index is 0.906. The van der Waals surface area contributed by atoms with Gasteiger partial charge in [0.15, 0.2) is 23.0 Å². The molecule has 5 saturated carbocycles. The topological polar surface area (TPSA) is 162 Å². The molecule has 6 fully saturated rings. The summed E-state index contributed by atoms with van der Waals surface area (Å²) >= 11 is 0. The molecule has 1 aliphatic heterocycles. The lowest BCUT2D eigenvalue weighted by molar-refractivity contribution is -0.213. The van der Waals surface area contributed by atoms with Crippen molar-refractivity contribution in [2.24, 2.45) is 39.9 Å². The number of nitrogens with zero attached hydrogens (tertiary/aromatic N) is 1. The Bertz CT molecular complexity index is 2700. The number of rotatable bonds is 7. The first kappa shape index (κ1) is 41.2. The number of phenols is 5. The molecule has 3 spiro atoms. The van der Waals surface area contributed by atoms with Crippen LogP contribution in [-0.2, 0) is 18.3 Å². The lowest BCUT2D eigenvalue weighted by Gasteiger charge is -2.74. The van der Waals surface area contributed by atoms with Crippen LogP contribution in [0.4, 0.5) is 0 Å². The van der Waals surface area contributed by atoms with Crippen LogP contribution < -0.4 is 5.32 Å². The van der Waals surface area contributed by atoms with Crippen LogP contribution in [-0.4, -0.2) is 52.8 Å². The molecule has 0 radical (unpaired) electrons. The van der Waals surface area contributed by atoms with Gasteiger partial charge in [0.05, 0.1) is 17.8 Å². The van der Waals surface area contributed by atoms with Crippen LogP contribution in [0, 0.1) is 39.9 Å². The predicted octanol–water partition coefficient (Wildman–Crippen LogP) is 10.9. The highest BCUT2D eigenvalue weighted by Crippen LogP contribution is 2.79. The average Bonchev–Trinajstić information content (AvgIpc) is 4.16. The van der Waals surface area contributed by atoms with E-state index < -0.39 is 6.10 Å². The van der Waals surface area contributed by atoms with Crippen LogP contribution in [0.25, 0.3) is 22.9 Å². The van der Waals surface area contributed by atoms with Gasteiger partial charge in [0.2, 0.25) is 0 Å². The largest absolute Gasteiger partial charge is 0.507 e. The predicted molar refractivity (Wildman–Crippen MR) is 252 cm³/mol. The van der Waals surface area contributed by atoms with E-state index in [0.717, 1.165) is 12.0 Å². The van der Waals surface area contributed by atoms with Crippen molar-refractivity contribution in [1.29, 1.82) is 0 Å².